The number of alkyl halides is 3. The Kier molecular flexibility index (Phi) is 5.47. The van der Waals surface area contributed by atoms with Gasteiger partial charge >= 0.3 is 6.36 Å². The minimum atomic E-state index is -4.64. The van der Waals surface area contributed by atoms with Crippen molar-refractivity contribution in [3.8, 4) is 5.75 Å². The molecule has 0 bridgehead atoms. The monoisotopic (exact) mass is 308 g/mol. The van der Waals surface area contributed by atoms with Crippen LogP contribution in [0.3, 0.4) is 0 Å². The van der Waals surface area contributed by atoms with E-state index in [1.807, 2.05) is 0 Å². The molecule has 0 atom stereocenters. The second-order valence-corrected chi connectivity index (χ2v) is 5.26. The Morgan fingerprint density at radius 1 is 0.727 bits per heavy atom. The Balaban J connectivity index is 1.88. The molecule has 4 heteroatoms. The number of benzene rings is 2. The third-order valence-electron chi connectivity index (χ3n) is 3.42. The maximum absolute atomic E-state index is 12.1. The summed E-state index contributed by atoms with van der Waals surface area (Å²) in [5.41, 5.74) is 3.56. The van der Waals surface area contributed by atoms with Crippen LogP contribution in [-0.2, 0) is 19.3 Å². The molecule has 2 rings (SSSR count). The molecule has 0 aliphatic rings. The SMILES string of the molecule is CCCc1ccc(CCc2ccc(OC(F)(F)F)cc2)cc1. The highest BCUT2D eigenvalue weighted by Crippen LogP contribution is 2.23. The van der Waals surface area contributed by atoms with Gasteiger partial charge in [0.05, 0.1) is 0 Å². The zero-order valence-corrected chi connectivity index (χ0v) is 12.5. The molecular weight excluding hydrogens is 289 g/mol. The van der Waals surface area contributed by atoms with E-state index < -0.39 is 6.36 Å². The minimum absolute atomic E-state index is 0.180. The van der Waals surface area contributed by atoms with Crippen LogP contribution in [0, 0.1) is 0 Å². The van der Waals surface area contributed by atoms with Crippen molar-refractivity contribution < 1.29 is 17.9 Å². The lowest BCUT2D eigenvalue weighted by Crippen LogP contribution is -2.17. The van der Waals surface area contributed by atoms with Gasteiger partial charge in [0, 0.05) is 0 Å². The lowest BCUT2D eigenvalue weighted by molar-refractivity contribution is -0.274. The minimum Gasteiger partial charge on any atom is -0.406 e. The van der Waals surface area contributed by atoms with E-state index in [1.165, 1.54) is 23.3 Å². The number of hydrogen-bond acceptors (Lipinski definition) is 1. The number of halogens is 3. The van der Waals surface area contributed by atoms with Crippen LogP contribution in [0.25, 0.3) is 0 Å². The third kappa shape index (κ3) is 5.43. The summed E-state index contributed by atoms with van der Waals surface area (Å²) in [6.45, 7) is 2.15. The molecule has 0 saturated carbocycles. The molecule has 0 fully saturated rings. The summed E-state index contributed by atoms with van der Waals surface area (Å²) >= 11 is 0. The molecule has 0 aromatic heterocycles. The molecule has 0 radical (unpaired) electrons. The summed E-state index contributed by atoms with van der Waals surface area (Å²) in [4.78, 5) is 0. The van der Waals surface area contributed by atoms with Gasteiger partial charge in [-0.15, -0.1) is 13.2 Å². The van der Waals surface area contributed by atoms with Crippen LogP contribution in [0.1, 0.15) is 30.0 Å². The summed E-state index contributed by atoms with van der Waals surface area (Å²) < 4.78 is 40.1. The molecule has 0 spiro atoms. The maximum atomic E-state index is 12.1. The molecule has 0 saturated heterocycles. The predicted octanol–water partition coefficient (Wildman–Crippen LogP) is 5.32. The first-order valence-corrected chi connectivity index (χ1v) is 7.39. The third-order valence-corrected chi connectivity index (χ3v) is 3.42. The summed E-state index contributed by atoms with van der Waals surface area (Å²) in [5, 5.41) is 0. The van der Waals surface area contributed by atoms with Crippen molar-refractivity contribution in [1.29, 1.82) is 0 Å². The maximum Gasteiger partial charge on any atom is 0.573 e. The van der Waals surface area contributed by atoms with Gasteiger partial charge in [-0.25, -0.2) is 0 Å². The highest BCUT2D eigenvalue weighted by Gasteiger charge is 2.30. The van der Waals surface area contributed by atoms with Crippen LogP contribution >= 0.6 is 0 Å². The van der Waals surface area contributed by atoms with E-state index in [1.54, 1.807) is 12.1 Å². The van der Waals surface area contributed by atoms with Crippen molar-refractivity contribution in [2.75, 3.05) is 0 Å². The lowest BCUT2D eigenvalue weighted by Gasteiger charge is -2.09. The highest BCUT2D eigenvalue weighted by atomic mass is 19.4. The number of aryl methyl sites for hydroxylation is 3. The zero-order chi connectivity index (χ0) is 16.0. The summed E-state index contributed by atoms with van der Waals surface area (Å²) in [6.07, 6.45) is -0.764. The predicted molar refractivity (Wildman–Crippen MR) is 81.0 cm³/mol. The molecule has 0 aliphatic carbocycles. The largest absolute Gasteiger partial charge is 0.573 e. The molecule has 0 heterocycles. The Morgan fingerprint density at radius 2 is 1.14 bits per heavy atom. The van der Waals surface area contributed by atoms with Crippen LogP contribution in [0.4, 0.5) is 13.2 Å². The van der Waals surface area contributed by atoms with Gasteiger partial charge in [-0.05, 0) is 48.1 Å². The van der Waals surface area contributed by atoms with Crippen LogP contribution in [-0.4, -0.2) is 6.36 Å². The highest BCUT2D eigenvalue weighted by molar-refractivity contribution is 5.29. The van der Waals surface area contributed by atoms with E-state index >= 15 is 0 Å². The first-order chi connectivity index (χ1) is 10.5. The van der Waals surface area contributed by atoms with Crippen molar-refractivity contribution in [2.24, 2.45) is 0 Å². The molecular formula is C18H19F3O. The van der Waals surface area contributed by atoms with E-state index in [0.29, 0.717) is 0 Å². The van der Waals surface area contributed by atoms with Crippen molar-refractivity contribution >= 4 is 0 Å². The van der Waals surface area contributed by atoms with Crippen LogP contribution in [0.15, 0.2) is 48.5 Å². The van der Waals surface area contributed by atoms with E-state index in [2.05, 4.69) is 35.9 Å². The van der Waals surface area contributed by atoms with E-state index in [4.69, 9.17) is 0 Å². The van der Waals surface area contributed by atoms with Crippen molar-refractivity contribution in [2.45, 2.75) is 39.0 Å². The lowest BCUT2D eigenvalue weighted by atomic mass is 10.0. The zero-order valence-electron chi connectivity index (χ0n) is 12.5. The van der Waals surface area contributed by atoms with Crippen molar-refractivity contribution in [3.05, 3.63) is 65.2 Å². The fraction of sp³-hybridized carbons (Fsp3) is 0.333. The molecule has 0 N–H and O–H groups in total. The van der Waals surface area contributed by atoms with E-state index in [-0.39, 0.29) is 5.75 Å². The Hall–Kier alpha value is -1.97. The number of ether oxygens (including phenoxy) is 1. The topological polar surface area (TPSA) is 9.23 Å². The number of hydrogen-bond donors (Lipinski definition) is 0. The van der Waals surface area contributed by atoms with Gasteiger partial charge in [0.15, 0.2) is 0 Å². The normalized spacial score (nSPS) is 11.5. The average Bonchev–Trinajstić information content (AvgIpc) is 2.47. The van der Waals surface area contributed by atoms with Gasteiger partial charge in [0.2, 0.25) is 0 Å². The fourth-order valence-electron chi connectivity index (χ4n) is 2.31. The standard InChI is InChI=1S/C18H19F3O/c1-2-3-14-4-6-15(7-5-14)8-9-16-10-12-17(13-11-16)22-18(19,20)21/h4-7,10-13H,2-3,8-9H2,1H3. The van der Waals surface area contributed by atoms with Crippen LogP contribution < -0.4 is 4.74 Å². The van der Waals surface area contributed by atoms with Crippen molar-refractivity contribution in [3.63, 3.8) is 0 Å². The van der Waals surface area contributed by atoms with E-state index in [9.17, 15) is 13.2 Å². The molecule has 0 amide bonds. The first kappa shape index (κ1) is 16.4. The summed E-state index contributed by atoms with van der Waals surface area (Å²) in [5.74, 6) is -0.180. The van der Waals surface area contributed by atoms with Crippen LogP contribution in [0.5, 0.6) is 5.75 Å². The molecule has 0 aliphatic heterocycles. The number of rotatable bonds is 6. The second-order valence-electron chi connectivity index (χ2n) is 5.26. The molecule has 1 nitrogen and oxygen atoms in total. The van der Waals surface area contributed by atoms with Gasteiger partial charge in [-0.3, -0.25) is 0 Å². The van der Waals surface area contributed by atoms with E-state index in [0.717, 1.165) is 31.2 Å². The summed E-state index contributed by atoms with van der Waals surface area (Å²) in [7, 11) is 0. The molecule has 0 unspecified atom stereocenters. The van der Waals surface area contributed by atoms with Gasteiger partial charge < -0.3 is 4.74 Å². The smallest absolute Gasteiger partial charge is 0.406 e. The average molecular weight is 308 g/mol. The first-order valence-electron chi connectivity index (χ1n) is 7.39. The molecule has 2 aromatic rings. The van der Waals surface area contributed by atoms with Gasteiger partial charge in [-0.2, -0.15) is 0 Å². The molecule has 118 valence electrons. The van der Waals surface area contributed by atoms with Crippen LogP contribution in [0.2, 0.25) is 0 Å². The molecule has 22 heavy (non-hydrogen) atoms. The Bertz CT molecular complexity index is 571. The van der Waals surface area contributed by atoms with Gasteiger partial charge in [0.25, 0.3) is 0 Å². The second kappa shape index (κ2) is 7.34. The molecule has 2 aromatic carbocycles. The Labute approximate surface area is 128 Å². The summed E-state index contributed by atoms with van der Waals surface area (Å²) in [6, 6.07) is 14.6. The Morgan fingerprint density at radius 3 is 1.55 bits per heavy atom. The van der Waals surface area contributed by atoms with Crippen molar-refractivity contribution in [1.82, 2.24) is 0 Å². The van der Waals surface area contributed by atoms with Gasteiger partial charge in [0.1, 0.15) is 5.75 Å². The fourth-order valence-corrected chi connectivity index (χ4v) is 2.31. The van der Waals surface area contributed by atoms with Gasteiger partial charge in [-0.1, -0.05) is 49.7 Å². The quantitative estimate of drug-likeness (QED) is 0.701.